The van der Waals surface area contributed by atoms with E-state index in [9.17, 15) is 9.59 Å². The van der Waals surface area contributed by atoms with E-state index in [2.05, 4.69) is 0 Å². The molecule has 4 rings (SSSR count). The van der Waals surface area contributed by atoms with Gasteiger partial charge in [-0.3, -0.25) is 9.59 Å². The fourth-order valence-electron chi connectivity index (χ4n) is 3.82. The predicted octanol–water partition coefficient (Wildman–Crippen LogP) is 2.31. The monoisotopic (exact) mass is 313 g/mol. The van der Waals surface area contributed by atoms with Gasteiger partial charge in [0, 0.05) is 0 Å². The maximum absolute atomic E-state index is 12.8. The Morgan fingerprint density at radius 1 is 1.22 bits per heavy atom. The maximum atomic E-state index is 12.8. The Balaban J connectivity index is 1.61. The van der Waals surface area contributed by atoms with E-state index >= 15 is 0 Å². The van der Waals surface area contributed by atoms with Crippen molar-refractivity contribution in [3.05, 3.63) is 36.4 Å². The van der Waals surface area contributed by atoms with Crippen LogP contribution in [0.25, 0.3) is 0 Å². The molecule has 0 spiro atoms. The van der Waals surface area contributed by atoms with Crippen LogP contribution in [0.1, 0.15) is 20.3 Å². The summed E-state index contributed by atoms with van der Waals surface area (Å²) in [4.78, 5) is 26.9. The Kier molecular flexibility index (Phi) is 3.10. The van der Waals surface area contributed by atoms with Crippen molar-refractivity contribution in [3.8, 4) is 5.75 Å². The van der Waals surface area contributed by atoms with E-state index in [0.717, 1.165) is 12.2 Å². The van der Waals surface area contributed by atoms with Crippen LogP contribution >= 0.6 is 0 Å². The van der Waals surface area contributed by atoms with Crippen LogP contribution in [0.2, 0.25) is 0 Å². The van der Waals surface area contributed by atoms with Gasteiger partial charge >= 0.3 is 0 Å². The molecule has 4 atom stereocenters. The minimum atomic E-state index is -0.652. The van der Waals surface area contributed by atoms with Crippen LogP contribution < -0.4 is 9.64 Å². The van der Waals surface area contributed by atoms with Crippen molar-refractivity contribution >= 4 is 17.5 Å². The summed E-state index contributed by atoms with van der Waals surface area (Å²) >= 11 is 0. The SMILES string of the molecule is CCCOc1ccc(N2C(=O)[C@H]3[C@@H]4C=C[C@@](C)(O4)[C@@H]3C2=O)cc1. The Morgan fingerprint density at radius 2 is 1.96 bits per heavy atom. The zero-order valence-electron chi connectivity index (χ0n) is 13.2. The lowest BCUT2D eigenvalue weighted by atomic mass is 9.78. The summed E-state index contributed by atoms with van der Waals surface area (Å²) in [6.45, 7) is 4.57. The van der Waals surface area contributed by atoms with Crippen LogP contribution in [-0.4, -0.2) is 30.1 Å². The van der Waals surface area contributed by atoms with E-state index < -0.39 is 17.4 Å². The molecule has 2 saturated heterocycles. The Bertz CT molecular complexity index is 695. The molecule has 3 heterocycles. The summed E-state index contributed by atoms with van der Waals surface area (Å²) in [7, 11) is 0. The molecule has 0 N–H and O–H groups in total. The summed E-state index contributed by atoms with van der Waals surface area (Å²) in [5.41, 5.74) is -0.0534. The van der Waals surface area contributed by atoms with E-state index in [-0.39, 0.29) is 17.9 Å². The molecule has 1 aromatic rings. The van der Waals surface area contributed by atoms with Crippen molar-refractivity contribution in [1.82, 2.24) is 0 Å². The number of rotatable bonds is 4. The highest BCUT2D eigenvalue weighted by Gasteiger charge is 2.65. The average molecular weight is 313 g/mol. The molecule has 1 aromatic carbocycles. The highest BCUT2D eigenvalue weighted by atomic mass is 16.5. The van der Waals surface area contributed by atoms with Gasteiger partial charge in [-0.25, -0.2) is 4.90 Å². The number of hydrogen-bond donors (Lipinski definition) is 0. The maximum Gasteiger partial charge on any atom is 0.241 e. The second-order valence-corrected chi connectivity index (χ2v) is 6.48. The second-order valence-electron chi connectivity index (χ2n) is 6.48. The van der Waals surface area contributed by atoms with Gasteiger partial charge in [0.15, 0.2) is 0 Å². The first kappa shape index (κ1) is 14.5. The van der Waals surface area contributed by atoms with Crippen LogP contribution in [0.3, 0.4) is 0 Å². The van der Waals surface area contributed by atoms with E-state index in [4.69, 9.17) is 9.47 Å². The van der Waals surface area contributed by atoms with E-state index in [1.165, 1.54) is 4.90 Å². The molecule has 3 aliphatic rings. The lowest BCUT2D eigenvalue weighted by Gasteiger charge is -2.24. The zero-order valence-corrected chi connectivity index (χ0v) is 13.2. The van der Waals surface area contributed by atoms with Gasteiger partial charge in [0.1, 0.15) is 5.75 Å². The summed E-state index contributed by atoms with van der Waals surface area (Å²) in [5.74, 6) is -0.404. The standard InChI is InChI=1S/C18H19NO4/c1-3-10-22-12-6-4-11(5-7-12)19-16(20)14-13-8-9-18(2,23-13)15(14)17(19)21/h4-9,13-15H,3,10H2,1-2H3/t13-,14-,15-,18+/m0/s1. The van der Waals surface area contributed by atoms with Gasteiger partial charge < -0.3 is 9.47 Å². The molecule has 5 heteroatoms. The first-order valence-corrected chi connectivity index (χ1v) is 8.03. The minimum absolute atomic E-state index is 0.166. The number of carbonyl (C=O) groups excluding carboxylic acids is 2. The minimum Gasteiger partial charge on any atom is -0.494 e. The Hall–Kier alpha value is -2.14. The first-order valence-electron chi connectivity index (χ1n) is 8.03. The third kappa shape index (κ3) is 1.96. The quantitative estimate of drug-likeness (QED) is 0.632. The van der Waals surface area contributed by atoms with Crippen LogP contribution in [0.5, 0.6) is 5.75 Å². The van der Waals surface area contributed by atoms with Gasteiger partial charge in [0.25, 0.3) is 0 Å². The van der Waals surface area contributed by atoms with Crippen molar-refractivity contribution < 1.29 is 19.1 Å². The zero-order chi connectivity index (χ0) is 16.2. The molecule has 5 nitrogen and oxygen atoms in total. The first-order chi connectivity index (χ1) is 11.0. The van der Waals surface area contributed by atoms with Crippen LogP contribution in [0.4, 0.5) is 5.69 Å². The highest BCUT2D eigenvalue weighted by Crippen LogP contribution is 2.52. The van der Waals surface area contributed by atoms with Gasteiger partial charge in [-0.05, 0) is 37.6 Å². The fourth-order valence-corrected chi connectivity index (χ4v) is 3.82. The van der Waals surface area contributed by atoms with Crippen molar-refractivity contribution in [2.24, 2.45) is 11.8 Å². The number of nitrogens with zero attached hydrogens (tertiary/aromatic N) is 1. The number of anilines is 1. The summed E-state index contributed by atoms with van der Waals surface area (Å²) in [5, 5.41) is 0. The summed E-state index contributed by atoms with van der Waals surface area (Å²) in [6, 6.07) is 7.12. The number of carbonyl (C=O) groups is 2. The molecule has 23 heavy (non-hydrogen) atoms. The van der Waals surface area contributed by atoms with Crippen LogP contribution in [-0.2, 0) is 14.3 Å². The molecular weight excluding hydrogens is 294 g/mol. The Labute approximate surface area is 134 Å². The highest BCUT2D eigenvalue weighted by molar-refractivity contribution is 6.23. The number of hydrogen-bond acceptors (Lipinski definition) is 4. The van der Waals surface area contributed by atoms with Crippen LogP contribution in [0.15, 0.2) is 36.4 Å². The summed E-state index contributed by atoms with van der Waals surface area (Å²) in [6.07, 6.45) is 4.46. The third-order valence-corrected chi connectivity index (χ3v) is 4.90. The van der Waals surface area contributed by atoms with E-state index in [1.807, 2.05) is 26.0 Å². The molecule has 2 fully saturated rings. The normalized spacial score (nSPS) is 34.3. The van der Waals surface area contributed by atoms with Crippen molar-refractivity contribution in [1.29, 1.82) is 0 Å². The van der Waals surface area contributed by atoms with Crippen LogP contribution in [0, 0.1) is 11.8 Å². The molecule has 0 saturated carbocycles. The molecule has 0 aliphatic carbocycles. The molecule has 0 unspecified atom stereocenters. The number of ether oxygens (including phenoxy) is 2. The van der Waals surface area contributed by atoms with Gasteiger partial charge in [-0.15, -0.1) is 0 Å². The largest absolute Gasteiger partial charge is 0.494 e. The molecule has 2 bridgehead atoms. The molecule has 3 aliphatic heterocycles. The molecular formula is C18H19NO4. The number of amides is 2. The lowest BCUT2D eigenvalue weighted by molar-refractivity contribution is -0.126. The topological polar surface area (TPSA) is 55.8 Å². The number of fused-ring (bicyclic) bond motifs is 5. The second kappa shape index (κ2) is 4.93. The Morgan fingerprint density at radius 3 is 2.61 bits per heavy atom. The van der Waals surface area contributed by atoms with Crippen molar-refractivity contribution in [3.63, 3.8) is 0 Å². The van der Waals surface area contributed by atoms with Gasteiger partial charge in [0.2, 0.25) is 11.8 Å². The average Bonchev–Trinajstić information content (AvgIpc) is 3.15. The molecule has 0 radical (unpaired) electrons. The fraction of sp³-hybridized carbons (Fsp3) is 0.444. The van der Waals surface area contributed by atoms with E-state index in [1.54, 1.807) is 24.3 Å². The number of benzene rings is 1. The van der Waals surface area contributed by atoms with Gasteiger partial charge in [-0.1, -0.05) is 19.1 Å². The smallest absolute Gasteiger partial charge is 0.241 e. The van der Waals surface area contributed by atoms with Gasteiger partial charge in [-0.2, -0.15) is 0 Å². The summed E-state index contributed by atoms with van der Waals surface area (Å²) < 4.78 is 11.4. The lowest BCUT2D eigenvalue weighted by Crippen LogP contribution is -2.38. The number of imide groups is 1. The van der Waals surface area contributed by atoms with Gasteiger partial charge in [0.05, 0.1) is 35.8 Å². The van der Waals surface area contributed by atoms with Crippen molar-refractivity contribution in [2.45, 2.75) is 32.0 Å². The predicted molar refractivity (Wildman–Crippen MR) is 84.1 cm³/mol. The molecule has 0 aromatic heterocycles. The molecule has 120 valence electrons. The molecule has 2 amide bonds. The third-order valence-electron chi connectivity index (χ3n) is 4.90. The van der Waals surface area contributed by atoms with Crippen molar-refractivity contribution in [2.75, 3.05) is 11.5 Å². The van der Waals surface area contributed by atoms with E-state index in [0.29, 0.717) is 12.3 Å².